The molecule has 0 saturated carbocycles. The summed E-state index contributed by atoms with van der Waals surface area (Å²) in [6, 6.07) is 0. The Labute approximate surface area is 99.1 Å². The minimum absolute atomic E-state index is 0.00303. The number of aliphatic carboxylic acids is 1. The van der Waals surface area contributed by atoms with Crippen molar-refractivity contribution in [1.82, 2.24) is 0 Å². The maximum Gasteiger partial charge on any atom is 0.356 e. The highest BCUT2D eigenvalue weighted by Crippen LogP contribution is 2.15. The van der Waals surface area contributed by atoms with Gasteiger partial charge in [-0.25, -0.2) is 4.79 Å². The first-order valence-corrected chi connectivity index (χ1v) is 5.47. The molecule has 2 unspecified atom stereocenters. The molecule has 1 aliphatic rings. The van der Waals surface area contributed by atoms with Crippen LogP contribution in [0.4, 0.5) is 0 Å². The average Bonchev–Trinajstić information content (AvgIpc) is 2.34. The smallest absolute Gasteiger partial charge is 0.356 e. The van der Waals surface area contributed by atoms with Crippen molar-refractivity contribution >= 4 is 11.9 Å². The molecule has 0 aliphatic carbocycles. The molecule has 0 bridgehead atoms. The van der Waals surface area contributed by atoms with E-state index < -0.39 is 24.1 Å². The van der Waals surface area contributed by atoms with Crippen molar-refractivity contribution in [2.24, 2.45) is 5.92 Å². The van der Waals surface area contributed by atoms with E-state index in [0.29, 0.717) is 13.0 Å². The quantitative estimate of drug-likeness (QED) is 0.328. The van der Waals surface area contributed by atoms with Crippen molar-refractivity contribution in [2.45, 2.75) is 32.0 Å². The lowest BCUT2D eigenvalue weighted by atomic mass is 10.1. The average molecular weight is 244 g/mol. The number of carboxylic acid groups (broad SMARTS) is 1. The first-order valence-electron chi connectivity index (χ1n) is 5.47. The Morgan fingerprint density at radius 2 is 2.29 bits per heavy atom. The molecular weight excluding hydrogens is 228 g/mol. The molecule has 1 fully saturated rings. The molecule has 1 heterocycles. The first-order chi connectivity index (χ1) is 8.15. The Balaban J connectivity index is 2.35. The van der Waals surface area contributed by atoms with Gasteiger partial charge < -0.3 is 9.84 Å². The van der Waals surface area contributed by atoms with Crippen LogP contribution in [0.1, 0.15) is 25.7 Å². The number of hydrogen-bond donors (Lipinski definition) is 1. The summed E-state index contributed by atoms with van der Waals surface area (Å²) in [4.78, 5) is 31.4. The van der Waals surface area contributed by atoms with Gasteiger partial charge in [-0.1, -0.05) is 6.08 Å². The fourth-order valence-corrected chi connectivity index (χ4v) is 1.41. The molecule has 0 spiro atoms. The number of carbonyl (C=O) groups excluding carboxylic acids is 1. The van der Waals surface area contributed by atoms with Gasteiger partial charge in [0, 0.05) is 13.0 Å². The molecule has 6 heteroatoms. The third-order valence-electron chi connectivity index (χ3n) is 2.36. The van der Waals surface area contributed by atoms with Gasteiger partial charge in [0.1, 0.15) is 0 Å². The third kappa shape index (κ3) is 4.54. The van der Waals surface area contributed by atoms with Crippen LogP contribution < -0.4 is 0 Å². The summed E-state index contributed by atoms with van der Waals surface area (Å²) in [6.45, 7) is 3.93. The summed E-state index contributed by atoms with van der Waals surface area (Å²) in [7, 11) is 0. The van der Waals surface area contributed by atoms with E-state index in [1.165, 1.54) is 6.08 Å². The molecule has 0 amide bonds. The monoisotopic (exact) mass is 244 g/mol. The van der Waals surface area contributed by atoms with Crippen LogP contribution in [-0.4, -0.2) is 29.9 Å². The second-order valence-corrected chi connectivity index (χ2v) is 3.71. The lowest BCUT2D eigenvalue weighted by Crippen LogP contribution is -2.29. The fraction of sp³-hybridized carbons (Fsp3) is 0.636. The zero-order chi connectivity index (χ0) is 12.7. The summed E-state index contributed by atoms with van der Waals surface area (Å²) in [5.74, 6) is -3.48. The number of rotatable bonds is 6. The third-order valence-corrected chi connectivity index (χ3v) is 2.36. The van der Waals surface area contributed by atoms with Crippen LogP contribution in [0.25, 0.3) is 0 Å². The second kappa shape index (κ2) is 7.03. The van der Waals surface area contributed by atoms with Gasteiger partial charge in [-0.05, 0) is 19.3 Å². The Morgan fingerprint density at radius 3 is 2.82 bits per heavy atom. The topological polar surface area (TPSA) is 82.1 Å². The standard InChI is InChI=1S/C11H16O6/c1-2-5-8(10(12)13)11(14)17-16-9-6-3-4-7-15-9/h2,8-9H,1,3-7H2,(H,12,13). The molecule has 6 nitrogen and oxygen atoms in total. The Hall–Kier alpha value is -1.40. The normalized spacial score (nSPS) is 21.5. The van der Waals surface area contributed by atoms with Gasteiger partial charge in [0.15, 0.2) is 5.92 Å². The summed E-state index contributed by atoms with van der Waals surface area (Å²) >= 11 is 0. The fourth-order valence-electron chi connectivity index (χ4n) is 1.41. The molecule has 96 valence electrons. The minimum Gasteiger partial charge on any atom is -0.481 e. The van der Waals surface area contributed by atoms with Gasteiger partial charge >= 0.3 is 11.9 Å². The summed E-state index contributed by atoms with van der Waals surface area (Å²) < 4.78 is 5.16. The van der Waals surface area contributed by atoms with Crippen molar-refractivity contribution in [3.05, 3.63) is 12.7 Å². The zero-order valence-corrected chi connectivity index (χ0v) is 9.46. The predicted octanol–water partition coefficient (Wildman–Crippen LogP) is 1.26. The van der Waals surface area contributed by atoms with Crippen LogP contribution in [-0.2, 0) is 24.1 Å². The van der Waals surface area contributed by atoms with Gasteiger partial charge in [-0.2, -0.15) is 4.89 Å². The highest BCUT2D eigenvalue weighted by Gasteiger charge is 2.28. The van der Waals surface area contributed by atoms with E-state index in [2.05, 4.69) is 11.5 Å². The Bertz CT molecular complexity index is 282. The second-order valence-electron chi connectivity index (χ2n) is 3.71. The maximum absolute atomic E-state index is 11.4. The van der Waals surface area contributed by atoms with E-state index in [9.17, 15) is 9.59 Å². The van der Waals surface area contributed by atoms with Crippen molar-refractivity contribution in [3.8, 4) is 0 Å². The number of allylic oxidation sites excluding steroid dienone is 1. The molecule has 0 aromatic rings. The van der Waals surface area contributed by atoms with Gasteiger partial charge in [-0.3, -0.25) is 9.68 Å². The van der Waals surface area contributed by atoms with Crippen LogP contribution in [0, 0.1) is 5.92 Å². The van der Waals surface area contributed by atoms with Crippen molar-refractivity contribution in [1.29, 1.82) is 0 Å². The van der Waals surface area contributed by atoms with E-state index in [1.54, 1.807) is 0 Å². The molecule has 1 rings (SSSR count). The molecule has 0 radical (unpaired) electrons. The van der Waals surface area contributed by atoms with Crippen LogP contribution in [0.5, 0.6) is 0 Å². The zero-order valence-electron chi connectivity index (χ0n) is 9.46. The largest absolute Gasteiger partial charge is 0.481 e. The minimum atomic E-state index is -1.28. The lowest BCUT2D eigenvalue weighted by Gasteiger charge is -2.21. The number of ether oxygens (including phenoxy) is 1. The molecule has 1 aliphatic heterocycles. The molecule has 1 N–H and O–H groups in total. The van der Waals surface area contributed by atoms with Gasteiger partial charge in [0.2, 0.25) is 6.29 Å². The summed E-state index contributed by atoms with van der Waals surface area (Å²) in [5.41, 5.74) is 0. The lowest BCUT2D eigenvalue weighted by molar-refractivity contribution is -0.359. The number of carboxylic acids is 1. The molecule has 0 aromatic carbocycles. The van der Waals surface area contributed by atoms with Gasteiger partial charge in [0.05, 0.1) is 0 Å². The van der Waals surface area contributed by atoms with E-state index in [0.717, 1.165) is 12.8 Å². The number of hydrogen-bond acceptors (Lipinski definition) is 5. The van der Waals surface area contributed by atoms with Crippen molar-refractivity contribution < 1.29 is 29.2 Å². The molecule has 1 saturated heterocycles. The highest BCUT2D eigenvalue weighted by molar-refractivity contribution is 5.93. The molecular formula is C11H16O6. The SMILES string of the molecule is C=CCC(C(=O)O)C(=O)OOC1CCCCO1. The predicted molar refractivity (Wildman–Crippen MR) is 56.7 cm³/mol. The number of carbonyl (C=O) groups is 2. The van der Waals surface area contributed by atoms with Crippen LogP contribution in [0.3, 0.4) is 0 Å². The van der Waals surface area contributed by atoms with Gasteiger partial charge in [-0.15, -0.1) is 6.58 Å². The van der Waals surface area contributed by atoms with Crippen molar-refractivity contribution in [2.75, 3.05) is 6.61 Å². The van der Waals surface area contributed by atoms with E-state index in [1.807, 2.05) is 0 Å². The van der Waals surface area contributed by atoms with Crippen molar-refractivity contribution in [3.63, 3.8) is 0 Å². The highest BCUT2D eigenvalue weighted by atomic mass is 17.2. The van der Waals surface area contributed by atoms with Gasteiger partial charge in [0.25, 0.3) is 0 Å². The first kappa shape index (κ1) is 13.7. The van der Waals surface area contributed by atoms with Crippen LogP contribution in [0.2, 0.25) is 0 Å². The molecule has 2 atom stereocenters. The Kier molecular flexibility index (Phi) is 5.65. The maximum atomic E-state index is 11.4. The molecule has 0 aromatic heterocycles. The van der Waals surface area contributed by atoms with E-state index >= 15 is 0 Å². The van der Waals surface area contributed by atoms with E-state index in [-0.39, 0.29) is 6.42 Å². The summed E-state index contributed by atoms with van der Waals surface area (Å²) in [6.07, 6.45) is 3.26. The molecule has 17 heavy (non-hydrogen) atoms. The Morgan fingerprint density at radius 1 is 1.53 bits per heavy atom. The van der Waals surface area contributed by atoms with Crippen LogP contribution >= 0.6 is 0 Å². The summed E-state index contributed by atoms with van der Waals surface area (Å²) in [5, 5.41) is 8.78. The van der Waals surface area contributed by atoms with E-state index in [4.69, 9.17) is 14.7 Å². The van der Waals surface area contributed by atoms with Crippen LogP contribution in [0.15, 0.2) is 12.7 Å².